The van der Waals surface area contributed by atoms with Crippen molar-refractivity contribution in [1.29, 1.82) is 0 Å². The molecular weight excluding hydrogens is 240 g/mol. The highest BCUT2D eigenvalue weighted by molar-refractivity contribution is 6.03. The van der Waals surface area contributed by atoms with Gasteiger partial charge in [0.05, 0.1) is 11.8 Å². The minimum absolute atomic E-state index is 0.101. The number of carbonyl (C=O) groups excluding carboxylic acids is 1. The number of aromatic amines is 1. The van der Waals surface area contributed by atoms with Crippen LogP contribution in [0.1, 0.15) is 10.5 Å². The summed E-state index contributed by atoms with van der Waals surface area (Å²) < 4.78 is 0. The smallest absolute Gasteiger partial charge is 0.343 e. The average molecular weight is 248 g/mol. The number of hydrogen-bond acceptors (Lipinski definition) is 5. The van der Waals surface area contributed by atoms with Gasteiger partial charge >= 0.3 is 5.82 Å². The van der Waals surface area contributed by atoms with Crippen LogP contribution in [-0.2, 0) is 0 Å². The first-order chi connectivity index (χ1) is 8.58. The van der Waals surface area contributed by atoms with Gasteiger partial charge in [-0.3, -0.25) is 4.79 Å². The fraction of sp³-hybridized carbons (Fsp3) is 0. The summed E-state index contributed by atoms with van der Waals surface area (Å²) in [7, 11) is 0. The second-order valence-corrected chi connectivity index (χ2v) is 3.37. The number of rotatable bonds is 3. The maximum absolute atomic E-state index is 11.7. The number of aromatic nitrogens is 2. The molecular formula is C10H8N4O4. The molecule has 2 rings (SSSR count). The van der Waals surface area contributed by atoms with Crippen LogP contribution in [0.15, 0.2) is 30.3 Å². The quantitative estimate of drug-likeness (QED) is 0.429. The Labute approximate surface area is 100 Å². The van der Waals surface area contributed by atoms with Crippen LogP contribution in [0.4, 0.5) is 11.5 Å². The van der Waals surface area contributed by atoms with E-state index in [1.165, 1.54) is 12.1 Å². The SMILES string of the molecule is O=C(Nc1ccccc1O)c1cc([N+](=O)[O-])[nH]n1. The van der Waals surface area contributed by atoms with Crippen LogP contribution >= 0.6 is 0 Å². The van der Waals surface area contributed by atoms with Crippen molar-refractivity contribution in [2.45, 2.75) is 0 Å². The van der Waals surface area contributed by atoms with Crippen molar-refractivity contribution in [3.63, 3.8) is 0 Å². The zero-order chi connectivity index (χ0) is 13.1. The van der Waals surface area contributed by atoms with Gasteiger partial charge in [-0.15, -0.1) is 5.10 Å². The summed E-state index contributed by atoms with van der Waals surface area (Å²) in [6.07, 6.45) is 0. The highest BCUT2D eigenvalue weighted by atomic mass is 16.6. The third-order valence-corrected chi connectivity index (χ3v) is 2.15. The number of phenolic OH excluding ortho intramolecular Hbond substituents is 1. The molecule has 0 aliphatic heterocycles. The first-order valence-corrected chi connectivity index (χ1v) is 4.87. The number of amides is 1. The Hall–Kier alpha value is -2.90. The molecule has 1 aromatic heterocycles. The molecule has 2 aromatic rings. The maximum Gasteiger partial charge on any atom is 0.343 e. The van der Waals surface area contributed by atoms with Gasteiger partial charge in [0.25, 0.3) is 5.91 Å². The standard InChI is InChI=1S/C10H8N4O4/c15-8-4-2-1-3-6(8)11-10(16)7-5-9(13-12-7)14(17)18/h1-5,15H,(H,11,16)(H,12,13). The van der Waals surface area contributed by atoms with E-state index in [-0.39, 0.29) is 22.9 Å². The van der Waals surface area contributed by atoms with Gasteiger partial charge in [0.2, 0.25) is 0 Å². The molecule has 1 amide bonds. The number of nitrogens with zero attached hydrogens (tertiary/aromatic N) is 2. The number of nitrogens with one attached hydrogen (secondary N) is 2. The van der Waals surface area contributed by atoms with Crippen LogP contribution < -0.4 is 5.32 Å². The van der Waals surface area contributed by atoms with E-state index in [1.807, 2.05) is 0 Å². The molecule has 0 fully saturated rings. The third kappa shape index (κ3) is 2.26. The molecule has 0 saturated carbocycles. The Balaban J connectivity index is 2.17. The van der Waals surface area contributed by atoms with Crippen molar-refractivity contribution in [2.75, 3.05) is 5.32 Å². The molecule has 18 heavy (non-hydrogen) atoms. The topological polar surface area (TPSA) is 121 Å². The monoisotopic (exact) mass is 248 g/mol. The lowest BCUT2D eigenvalue weighted by atomic mass is 10.3. The molecule has 0 saturated heterocycles. The number of anilines is 1. The number of hydrogen-bond donors (Lipinski definition) is 3. The summed E-state index contributed by atoms with van der Waals surface area (Å²) in [5.74, 6) is -1.13. The van der Waals surface area contributed by atoms with E-state index in [0.717, 1.165) is 6.07 Å². The van der Waals surface area contributed by atoms with Crippen molar-refractivity contribution in [3.8, 4) is 5.75 Å². The number of phenols is 1. The number of para-hydroxylation sites is 2. The molecule has 0 aliphatic carbocycles. The highest BCUT2D eigenvalue weighted by Gasteiger charge is 2.17. The van der Waals surface area contributed by atoms with E-state index < -0.39 is 10.8 Å². The minimum Gasteiger partial charge on any atom is -0.506 e. The first-order valence-electron chi connectivity index (χ1n) is 4.87. The predicted octanol–water partition coefficient (Wildman–Crippen LogP) is 1.28. The van der Waals surface area contributed by atoms with Gasteiger partial charge in [0.15, 0.2) is 5.69 Å². The summed E-state index contributed by atoms with van der Waals surface area (Å²) in [5, 5.41) is 27.9. The maximum atomic E-state index is 11.7. The van der Waals surface area contributed by atoms with Gasteiger partial charge in [-0.2, -0.15) is 0 Å². The van der Waals surface area contributed by atoms with Gasteiger partial charge in [0.1, 0.15) is 5.75 Å². The predicted molar refractivity (Wildman–Crippen MR) is 61.3 cm³/mol. The fourth-order valence-corrected chi connectivity index (χ4v) is 1.29. The molecule has 0 unspecified atom stereocenters. The van der Waals surface area contributed by atoms with E-state index in [0.29, 0.717) is 0 Å². The lowest BCUT2D eigenvalue weighted by Gasteiger charge is -2.03. The van der Waals surface area contributed by atoms with Gasteiger partial charge in [-0.1, -0.05) is 17.2 Å². The summed E-state index contributed by atoms with van der Waals surface area (Å²) in [6.45, 7) is 0. The van der Waals surface area contributed by atoms with E-state index in [2.05, 4.69) is 15.5 Å². The molecule has 0 spiro atoms. The zero-order valence-corrected chi connectivity index (χ0v) is 8.95. The van der Waals surface area contributed by atoms with Crippen LogP contribution in [0.2, 0.25) is 0 Å². The number of H-pyrrole nitrogens is 1. The second kappa shape index (κ2) is 4.53. The summed E-state index contributed by atoms with van der Waals surface area (Å²) in [4.78, 5) is 21.4. The molecule has 3 N–H and O–H groups in total. The molecule has 0 bridgehead atoms. The number of nitro groups is 1. The molecule has 1 heterocycles. The summed E-state index contributed by atoms with van der Waals surface area (Å²) in [5.41, 5.74) is 0.0677. The first kappa shape index (κ1) is 11.6. The molecule has 92 valence electrons. The lowest BCUT2D eigenvalue weighted by molar-refractivity contribution is -0.389. The van der Waals surface area contributed by atoms with Gasteiger partial charge < -0.3 is 20.5 Å². The number of benzene rings is 1. The Morgan fingerprint density at radius 3 is 2.78 bits per heavy atom. The van der Waals surface area contributed by atoms with Crippen molar-refractivity contribution >= 4 is 17.4 Å². The Kier molecular flexibility index (Phi) is 2.92. The van der Waals surface area contributed by atoms with E-state index >= 15 is 0 Å². The van der Waals surface area contributed by atoms with E-state index in [1.54, 1.807) is 12.1 Å². The van der Waals surface area contributed by atoms with Crippen molar-refractivity contribution < 1.29 is 14.8 Å². The summed E-state index contributed by atoms with van der Waals surface area (Å²) >= 11 is 0. The zero-order valence-electron chi connectivity index (χ0n) is 8.95. The molecule has 8 heteroatoms. The molecule has 1 aromatic carbocycles. The van der Waals surface area contributed by atoms with Gasteiger partial charge in [-0.05, 0) is 17.1 Å². The normalized spacial score (nSPS) is 10.0. The van der Waals surface area contributed by atoms with E-state index in [4.69, 9.17) is 0 Å². The average Bonchev–Trinajstić information content (AvgIpc) is 2.81. The molecule has 0 atom stereocenters. The Morgan fingerprint density at radius 2 is 2.17 bits per heavy atom. The largest absolute Gasteiger partial charge is 0.506 e. The minimum atomic E-state index is -0.691. The molecule has 0 aliphatic rings. The van der Waals surface area contributed by atoms with Crippen LogP contribution in [0.3, 0.4) is 0 Å². The van der Waals surface area contributed by atoms with Crippen LogP contribution in [0.5, 0.6) is 5.75 Å². The van der Waals surface area contributed by atoms with Gasteiger partial charge in [0, 0.05) is 0 Å². The van der Waals surface area contributed by atoms with E-state index in [9.17, 15) is 20.0 Å². The van der Waals surface area contributed by atoms with Crippen LogP contribution in [0, 0.1) is 10.1 Å². The second-order valence-electron chi connectivity index (χ2n) is 3.37. The number of carbonyl (C=O) groups is 1. The Bertz CT molecular complexity index is 607. The third-order valence-electron chi connectivity index (χ3n) is 2.15. The lowest BCUT2D eigenvalue weighted by Crippen LogP contribution is -2.12. The Morgan fingerprint density at radius 1 is 1.44 bits per heavy atom. The molecule has 0 radical (unpaired) electrons. The summed E-state index contributed by atoms with van der Waals surface area (Å²) in [6, 6.07) is 7.14. The van der Waals surface area contributed by atoms with Crippen molar-refractivity contribution in [1.82, 2.24) is 10.2 Å². The number of aromatic hydroxyl groups is 1. The van der Waals surface area contributed by atoms with Crippen molar-refractivity contribution in [3.05, 3.63) is 46.1 Å². The highest BCUT2D eigenvalue weighted by Crippen LogP contribution is 2.22. The fourth-order valence-electron chi connectivity index (χ4n) is 1.29. The van der Waals surface area contributed by atoms with Crippen LogP contribution in [-0.4, -0.2) is 26.1 Å². The van der Waals surface area contributed by atoms with Gasteiger partial charge in [-0.25, -0.2) is 0 Å². The molecule has 8 nitrogen and oxygen atoms in total. The van der Waals surface area contributed by atoms with Crippen LogP contribution in [0.25, 0.3) is 0 Å². The van der Waals surface area contributed by atoms with Crippen molar-refractivity contribution in [2.24, 2.45) is 0 Å².